The Hall–Kier alpha value is -2.44. The maximum Gasteiger partial charge on any atom is 0.256 e. The second-order valence-electron chi connectivity index (χ2n) is 7.78. The van der Waals surface area contributed by atoms with Crippen LogP contribution in [-0.2, 0) is 11.2 Å². The zero-order valence-electron chi connectivity index (χ0n) is 16.5. The fourth-order valence-electron chi connectivity index (χ4n) is 5.00. The van der Waals surface area contributed by atoms with Crippen LogP contribution in [0, 0.1) is 0 Å². The standard InChI is InChI=1S/C22H20Cl2N2O4/c1-29-13-7-11-5-6-25-20(19(11)18(9-13)30-2)16-10-17(22(25)28)26(16)21(27)14-4-3-12(23)8-15(14)24/h3-4,7-9,16-17,20H,5-6,10H2,1-2H3. The lowest BCUT2D eigenvalue weighted by molar-refractivity contribution is -0.164. The van der Waals surface area contributed by atoms with Crippen LogP contribution in [0.2, 0.25) is 10.0 Å². The number of ether oxygens (including phenoxy) is 2. The summed E-state index contributed by atoms with van der Waals surface area (Å²) in [6.07, 6.45) is 1.35. The first-order valence-electron chi connectivity index (χ1n) is 9.77. The van der Waals surface area contributed by atoms with Gasteiger partial charge in [0.1, 0.15) is 17.5 Å². The van der Waals surface area contributed by atoms with E-state index in [1.165, 1.54) is 0 Å². The molecule has 0 radical (unpaired) electrons. The van der Waals surface area contributed by atoms with Crippen LogP contribution in [0.25, 0.3) is 0 Å². The highest BCUT2D eigenvalue weighted by Crippen LogP contribution is 2.51. The monoisotopic (exact) mass is 446 g/mol. The average molecular weight is 447 g/mol. The van der Waals surface area contributed by atoms with Crippen LogP contribution in [0.4, 0.5) is 0 Å². The normalized spacial score (nSPS) is 24.0. The molecule has 2 saturated heterocycles. The van der Waals surface area contributed by atoms with Gasteiger partial charge >= 0.3 is 0 Å². The predicted molar refractivity (Wildman–Crippen MR) is 113 cm³/mol. The molecule has 2 fully saturated rings. The van der Waals surface area contributed by atoms with Gasteiger partial charge in [0.25, 0.3) is 5.91 Å². The van der Waals surface area contributed by atoms with Crippen LogP contribution in [0.3, 0.4) is 0 Å². The number of hydrogen-bond acceptors (Lipinski definition) is 4. The van der Waals surface area contributed by atoms with E-state index in [1.807, 2.05) is 17.0 Å². The van der Waals surface area contributed by atoms with Crippen LogP contribution in [-0.4, -0.2) is 54.5 Å². The van der Waals surface area contributed by atoms with Crippen molar-refractivity contribution >= 4 is 35.0 Å². The van der Waals surface area contributed by atoms with Crippen molar-refractivity contribution in [3.05, 3.63) is 57.1 Å². The van der Waals surface area contributed by atoms with E-state index < -0.39 is 6.04 Å². The Morgan fingerprint density at radius 1 is 1.13 bits per heavy atom. The first-order chi connectivity index (χ1) is 14.4. The van der Waals surface area contributed by atoms with Gasteiger partial charge in [-0.25, -0.2) is 0 Å². The summed E-state index contributed by atoms with van der Waals surface area (Å²) in [6.45, 7) is 0.615. The molecule has 2 bridgehead atoms. The Morgan fingerprint density at radius 3 is 2.63 bits per heavy atom. The first kappa shape index (κ1) is 19.5. The number of nitrogens with zero attached hydrogens (tertiary/aromatic N) is 2. The number of amides is 2. The molecule has 2 amide bonds. The van der Waals surface area contributed by atoms with Crippen molar-refractivity contribution in [3.63, 3.8) is 0 Å². The molecule has 0 N–H and O–H groups in total. The Labute approximate surface area is 184 Å². The minimum absolute atomic E-state index is 0.0237. The number of methoxy groups -OCH3 is 2. The molecule has 2 aromatic carbocycles. The quantitative estimate of drug-likeness (QED) is 0.720. The number of piperazine rings is 1. The number of carbonyl (C=O) groups is 2. The van der Waals surface area contributed by atoms with Crippen LogP contribution < -0.4 is 9.47 Å². The van der Waals surface area contributed by atoms with Crippen LogP contribution in [0.5, 0.6) is 11.5 Å². The van der Waals surface area contributed by atoms with E-state index in [-0.39, 0.29) is 28.9 Å². The summed E-state index contributed by atoms with van der Waals surface area (Å²) < 4.78 is 11.1. The second-order valence-corrected chi connectivity index (χ2v) is 8.63. The summed E-state index contributed by atoms with van der Waals surface area (Å²) in [5.41, 5.74) is 2.40. The van der Waals surface area contributed by atoms with Gasteiger partial charge in [-0.05, 0) is 42.7 Å². The highest BCUT2D eigenvalue weighted by Gasteiger charge is 2.59. The number of likely N-dealkylation sites (tertiary alicyclic amines) is 1. The fourth-order valence-corrected chi connectivity index (χ4v) is 5.49. The molecule has 0 aromatic heterocycles. The molecule has 3 heterocycles. The minimum Gasteiger partial charge on any atom is -0.497 e. The highest BCUT2D eigenvalue weighted by atomic mass is 35.5. The maximum absolute atomic E-state index is 13.3. The molecule has 3 aliphatic rings. The van der Waals surface area contributed by atoms with Gasteiger partial charge in [-0.2, -0.15) is 0 Å². The zero-order valence-corrected chi connectivity index (χ0v) is 18.0. The van der Waals surface area contributed by atoms with Gasteiger partial charge in [0.15, 0.2) is 0 Å². The number of rotatable bonds is 3. The Morgan fingerprint density at radius 2 is 1.93 bits per heavy atom. The molecular weight excluding hydrogens is 427 g/mol. The average Bonchev–Trinajstić information content (AvgIpc) is 2.71. The minimum atomic E-state index is -0.448. The fraction of sp³-hybridized carbons (Fsp3) is 0.364. The topological polar surface area (TPSA) is 59.1 Å². The van der Waals surface area contributed by atoms with Crippen molar-refractivity contribution in [2.45, 2.75) is 31.0 Å². The van der Waals surface area contributed by atoms with Crippen LogP contribution in [0.1, 0.15) is 33.9 Å². The Balaban J connectivity index is 1.57. The lowest BCUT2D eigenvalue weighted by Crippen LogP contribution is -2.74. The number of benzene rings is 2. The second kappa shape index (κ2) is 7.06. The Bertz CT molecular complexity index is 1060. The number of hydrogen-bond donors (Lipinski definition) is 0. The smallest absolute Gasteiger partial charge is 0.256 e. The van der Waals surface area contributed by atoms with E-state index in [2.05, 4.69) is 0 Å². The van der Waals surface area contributed by atoms with Gasteiger partial charge in [-0.3, -0.25) is 9.59 Å². The van der Waals surface area contributed by atoms with E-state index in [4.69, 9.17) is 32.7 Å². The van der Waals surface area contributed by atoms with Crippen molar-refractivity contribution in [1.29, 1.82) is 0 Å². The molecule has 0 aliphatic carbocycles. The first-order valence-corrected chi connectivity index (χ1v) is 10.5. The van der Waals surface area contributed by atoms with E-state index >= 15 is 0 Å². The van der Waals surface area contributed by atoms with E-state index in [9.17, 15) is 9.59 Å². The third-order valence-corrected chi connectivity index (χ3v) is 6.94. The van der Waals surface area contributed by atoms with Gasteiger partial charge in [0, 0.05) is 23.2 Å². The summed E-state index contributed by atoms with van der Waals surface area (Å²) in [5.74, 6) is 1.12. The van der Waals surface area contributed by atoms with Gasteiger partial charge in [0.05, 0.1) is 36.9 Å². The van der Waals surface area contributed by atoms with Gasteiger partial charge < -0.3 is 19.3 Å². The summed E-state index contributed by atoms with van der Waals surface area (Å²) in [6, 6.07) is 7.79. The van der Waals surface area contributed by atoms with Gasteiger partial charge in [0.2, 0.25) is 5.91 Å². The van der Waals surface area contributed by atoms with E-state index in [0.717, 1.165) is 17.5 Å². The molecule has 156 valence electrons. The molecule has 2 aromatic rings. The third-order valence-electron chi connectivity index (χ3n) is 6.40. The van der Waals surface area contributed by atoms with Crippen molar-refractivity contribution in [2.24, 2.45) is 0 Å². The van der Waals surface area contributed by atoms with Crippen molar-refractivity contribution in [2.75, 3.05) is 20.8 Å². The van der Waals surface area contributed by atoms with Gasteiger partial charge in [-0.1, -0.05) is 23.2 Å². The van der Waals surface area contributed by atoms with Crippen molar-refractivity contribution in [1.82, 2.24) is 9.80 Å². The molecule has 5 rings (SSSR count). The lowest BCUT2D eigenvalue weighted by Gasteiger charge is -2.60. The molecule has 3 atom stereocenters. The molecule has 3 aliphatic heterocycles. The zero-order chi connectivity index (χ0) is 21.2. The number of piperidine rings is 1. The van der Waals surface area contributed by atoms with Crippen molar-refractivity contribution in [3.8, 4) is 11.5 Å². The third kappa shape index (κ3) is 2.70. The number of fused-ring (bicyclic) bond motifs is 6. The van der Waals surface area contributed by atoms with Crippen LogP contribution in [0.15, 0.2) is 30.3 Å². The largest absolute Gasteiger partial charge is 0.497 e. The predicted octanol–water partition coefficient (Wildman–Crippen LogP) is 3.73. The van der Waals surface area contributed by atoms with Crippen molar-refractivity contribution < 1.29 is 19.1 Å². The molecular formula is C22H20Cl2N2O4. The van der Waals surface area contributed by atoms with E-state index in [0.29, 0.717) is 35.1 Å². The molecule has 0 spiro atoms. The molecule has 3 unspecified atom stereocenters. The van der Waals surface area contributed by atoms with E-state index in [1.54, 1.807) is 37.3 Å². The highest BCUT2D eigenvalue weighted by molar-refractivity contribution is 6.36. The molecule has 0 saturated carbocycles. The summed E-state index contributed by atoms with van der Waals surface area (Å²) >= 11 is 12.3. The molecule has 8 heteroatoms. The summed E-state index contributed by atoms with van der Waals surface area (Å²) in [7, 11) is 3.23. The molecule has 30 heavy (non-hydrogen) atoms. The van der Waals surface area contributed by atoms with Gasteiger partial charge in [-0.15, -0.1) is 0 Å². The number of halogens is 2. The lowest BCUT2D eigenvalue weighted by atomic mass is 9.74. The Kier molecular flexibility index (Phi) is 4.60. The maximum atomic E-state index is 13.3. The number of carbonyl (C=O) groups excluding carboxylic acids is 2. The molecule has 6 nitrogen and oxygen atoms in total. The van der Waals surface area contributed by atoms with Crippen LogP contribution >= 0.6 is 23.2 Å². The summed E-state index contributed by atoms with van der Waals surface area (Å²) in [4.78, 5) is 30.1. The summed E-state index contributed by atoms with van der Waals surface area (Å²) in [5, 5.41) is 0.746. The SMILES string of the molecule is COc1cc2c(c(OC)c1)C1C3CC(C(=O)N1CC2)N3C(=O)c1ccc(Cl)cc1Cl.